The van der Waals surface area contributed by atoms with Crippen LogP contribution in [0.25, 0.3) is 0 Å². The van der Waals surface area contributed by atoms with Gasteiger partial charge in [0, 0.05) is 23.0 Å². The van der Waals surface area contributed by atoms with Crippen molar-refractivity contribution < 1.29 is 14.7 Å². The highest BCUT2D eigenvalue weighted by atomic mass is 35.5. The fraction of sp³-hybridized carbons (Fsp3) is 0.652. The molecule has 1 saturated carbocycles. The first-order valence-corrected chi connectivity index (χ1v) is 11.6. The fourth-order valence-corrected chi connectivity index (χ4v) is 4.91. The van der Waals surface area contributed by atoms with Gasteiger partial charge in [-0.25, -0.2) is 0 Å². The van der Waals surface area contributed by atoms with E-state index in [2.05, 4.69) is 29.0 Å². The molecule has 1 saturated heterocycles. The molecule has 1 aliphatic heterocycles. The van der Waals surface area contributed by atoms with Crippen molar-refractivity contribution in [3.8, 4) is 5.75 Å². The number of piperidine rings is 1. The number of rotatable bonds is 6. The Balaban J connectivity index is 1.50. The molecule has 2 N–H and O–H groups in total. The van der Waals surface area contributed by atoms with Gasteiger partial charge >= 0.3 is 0 Å². The molecule has 0 atom stereocenters. The molecule has 1 aromatic carbocycles. The summed E-state index contributed by atoms with van der Waals surface area (Å²) in [5.41, 5.74) is 0.338. The van der Waals surface area contributed by atoms with Crippen LogP contribution in [-0.2, 0) is 9.59 Å². The van der Waals surface area contributed by atoms with Crippen molar-refractivity contribution in [1.82, 2.24) is 9.80 Å². The van der Waals surface area contributed by atoms with E-state index in [9.17, 15) is 14.7 Å². The summed E-state index contributed by atoms with van der Waals surface area (Å²) in [6, 6.07) is 5.19. The molecule has 1 aromatic rings. The number of benzene rings is 1. The Hall–Kier alpha value is -1.79. The van der Waals surface area contributed by atoms with E-state index < -0.39 is 0 Å². The van der Waals surface area contributed by atoms with Gasteiger partial charge in [-0.05, 0) is 70.8 Å². The number of amides is 2. The van der Waals surface area contributed by atoms with Crippen LogP contribution < -0.4 is 5.32 Å². The van der Waals surface area contributed by atoms with E-state index in [-0.39, 0.29) is 29.5 Å². The molecule has 1 heterocycles. The maximum Gasteiger partial charge on any atom is 0.237 e. The molecule has 0 bridgehead atoms. The number of carbonyl (C=O) groups excluding carboxylic acids is 2. The highest BCUT2D eigenvalue weighted by Crippen LogP contribution is 2.29. The zero-order valence-corrected chi connectivity index (χ0v) is 18.8. The fourth-order valence-electron chi connectivity index (χ4n) is 4.74. The normalized spacial score (nSPS) is 19.1. The zero-order valence-electron chi connectivity index (χ0n) is 18.1. The SMILES string of the molecule is CC(C)N(C(=O)CN1CCC(C(=O)Nc2cc(Cl)ccc2O)CC1)C1CCCCC1. The summed E-state index contributed by atoms with van der Waals surface area (Å²) < 4.78 is 0. The van der Waals surface area contributed by atoms with Gasteiger partial charge in [0.05, 0.1) is 12.2 Å². The summed E-state index contributed by atoms with van der Waals surface area (Å²) in [5, 5.41) is 13.2. The Kier molecular flexibility index (Phi) is 8.00. The maximum atomic E-state index is 13.0. The maximum absolute atomic E-state index is 13.0. The van der Waals surface area contributed by atoms with Gasteiger partial charge in [-0.3, -0.25) is 14.5 Å². The second-order valence-corrected chi connectivity index (χ2v) is 9.32. The summed E-state index contributed by atoms with van der Waals surface area (Å²) >= 11 is 5.95. The molecule has 0 aromatic heterocycles. The minimum absolute atomic E-state index is 0.00673. The van der Waals surface area contributed by atoms with Gasteiger partial charge in [0.2, 0.25) is 11.8 Å². The third-order valence-electron chi connectivity index (χ3n) is 6.35. The van der Waals surface area contributed by atoms with Crippen molar-refractivity contribution in [3.63, 3.8) is 0 Å². The number of nitrogens with one attached hydrogen (secondary N) is 1. The molecule has 0 unspecified atom stereocenters. The van der Waals surface area contributed by atoms with Crippen molar-refractivity contribution in [3.05, 3.63) is 23.2 Å². The summed E-state index contributed by atoms with van der Waals surface area (Å²) in [4.78, 5) is 29.9. The Labute approximate surface area is 184 Å². The molecular formula is C23H34ClN3O3. The lowest BCUT2D eigenvalue weighted by Crippen LogP contribution is -2.51. The number of carbonyl (C=O) groups is 2. The average molecular weight is 436 g/mol. The van der Waals surface area contributed by atoms with Gasteiger partial charge in [-0.15, -0.1) is 0 Å². The zero-order chi connectivity index (χ0) is 21.7. The van der Waals surface area contributed by atoms with Gasteiger partial charge in [-0.2, -0.15) is 0 Å². The largest absolute Gasteiger partial charge is 0.506 e. The van der Waals surface area contributed by atoms with Gasteiger partial charge in [0.1, 0.15) is 5.75 Å². The van der Waals surface area contributed by atoms with Crippen LogP contribution in [0.1, 0.15) is 58.8 Å². The Morgan fingerprint density at radius 3 is 2.47 bits per heavy atom. The minimum Gasteiger partial charge on any atom is -0.506 e. The van der Waals surface area contributed by atoms with Crippen LogP contribution in [-0.4, -0.2) is 58.4 Å². The van der Waals surface area contributed by atoms with E-state index in [1.165, 1.54) is 25.3 Å². The topological polar surface area (TPSA) is 72.9 Å². The number of hydrogen-bond acceptors (Lipinski definition) is 4. The number of hydrogen-bond donors (Lipinski definition) is 2. The van der Waals surface area contributed by atoms with Gasteiger partial charge in [0.15, 0.2) is 0 Å². The molecule has 1 aliphatic carbocycles. The summed E-state index contributed by atoms with van der Waals surface area (Å²) in [5.74, 6) is -0.0187. The second kappa shape index (κ2) is 10.5. The summed E-state index contributed by atoms with van der Waals surface area (Å²) in [6.07, 6.45) is 7.33. The average Bonchev–Trinajstić information content (AvgIpc) is 2.72. The molecule has 0 spiro atoms. The number of phenols is 1. The van der Waals surface area contributed by atoms with E-state index in [0.717, 1.165) is 25.9 Å². The van der Waals surface area contributed by atoms with Crippen molar-refractivity contribution in [2.24, 2.45) is 5.92 Å². The molecule has 3 rings (SSSR count). The minimum atomic E-state index is -0.130. The van der Waals surface area contributed by atoms with Crippen molar-refractivity contribution in [1.29, 1.82) is 0 Å². The van der Waals surface area contributed by atoms with E-state index in [1.807, 2.05) is 0 Å². The molecule has 2 fully saturated rings. The number of phenolic OH excluding ortho intramolecular Hbond substituents is 1. The first-order valence-electron chi connectivity index (χ1n) is 11.2. The molecule has 7 heteroatoms. The first kappa shape index (κ1) is 22.9. The number of anilines is 1. The lowest BCUT2D eigenvalue weighted by Gasteiger charge is -2.39. The highest BCUT2D eigenvalue weighted by Gasteiger charge is 2.31. The van der Waals surface area contributed by atoms with E-state index in [4.69, 9.17) is 11.6 Å². The van der Waals surface area contributed by atoms with Crippen LogP contribution in [0.2, 0.25) is 5.02 Å². The predicted molar refractivity (Wildman–Crippen MR) is 120 cm³/mol. The standard InChI is InChI=1S/C23H34ClN3O3/c1-16(2)27(19-6-4-3-5-7-19)22(29)15-26-12-10-17(11-13-26)23(30)25-20-14-18(24)8-9-21(20)28/h8-9,14,16-17,19,28H,3-7,10-13,15H2,1-2H3,(H,25,30). The quantitative estimate of drug-likeness (QED) is 0.654. The molecule has 166 valence electrons. The molecule has 2 amide bonds. The van der Waals surface area contributed by atoms with Crippen LogP contribution in [0.5, 0.6) is 5.75 Å². The predicted octanol–water partition coefficient (Wildman–Crippen LogP) is 4.27. The summed E-state index contributed by atoms with van der Waals surface area (Å²) in [6.45, 7) is 6.09. The lowest BCUT2D eigenvalue weighted by atomic mass is 9.93. The van der Waals surface area contributed by atoms with Gasteiger partial charge < -0.3 is 15.3 Å². The van der Waals surface area contributed by atoms with E-state index >= 15 is 0 Å². The van der Waals surface area contributed by atoms with Crippen LogP contribution in [0.3, 0.4) is 0 Å². The molecule has 30 heavy (non-hydrogen) atoms. The smallest absolute Gasteiger partial charge is 0.237 e. The van der Waals surface area contributed by atoms with Crippen LogP contribution in [0.4, 0.5) is 5.69 Å². The van der Waals surface area contributed by atoms with E-state index in [0.29, 0.717) is 36.1 Å². The first-order chi connectivity index (χ1) is 14.3. The highest BCUT2D eigenvalue weighted by molar-refractivity contribution is 6.31. The third-order valence-corrected chi connectivity index (χ3v) is 6.58. The van der Waals surface area contributed by atoms with Gasteiger partial charge in [-0.1, -0.05) is 30.9 Å². The third kappa shape index (κ3) is 5.88. The Morgan fingerprint density at radius 2 is 1.83 bits per heavy atom. The monoisotopic (exact) mass is 435 g/mol. The number of likely N-dealkylation sites (tertiary alicyclic amines) is 1. The second-order valence-electron chi connectivity index (χ2n) is 8.89. The van der Waals surface area contributed by atoms with Gasteiger partial charge in [0.25, 0.3) is 0 Å². The lowest BCUT2D eigenvalue weighted by molar-refractivity contribution is -0.138. The number of halogens is 1. The van der Waals surface area contributed by atoms with Crippen molar-refractivity contribution in [2.75, 3.05) is 25.0 Å². The van der Waals surface area contributed by atoms with Crippen molar-refractivity contribution in [2.45, 2.75) is 70.9 Å². The molecule has 2 aliphatic rings. The Morgan fingerprint density at radius 1 is 1.17 bits per heavy atom. The molecular weight excluding hydrogens is 402 g/mol. The number of nitrogens with zero attached hydrogens (tertiary/aromatic N) is 2. The van der Waals surface area contributed by atoms with Crippen LogP contribution in [0.15, 0.2) is 18.2 Å². The molecule has 0 radical (unpaired) electrons. The Bertz CT molecular complexity index is 741. The van der Waals surface area contributed by atoms with E-state index in [1.54, 1.807) is 12.1 Å². The number of aromatic hydroxyl groups is 1. The summed E-state index contributed by atoms with van der Waals surface area (Å²) in [7, 11) is 0. The van der Waals surface area contributed by atoms with Crippen LogP contribution >= 0.6 is 11.6 Å². The van der Waals surface area contributed by atoms with Crippen molar-refractivity contribution >= 4 is 29.1 Å². The molecule has 6 nitrogen and oxygen atoms in total. The van der Waals surface area contributed by atoms with Crippen LogP contribution in [0, 0.1) is 5.92 Å².